The second-order valence-electron chi connectivity index (χ2n) is 17.6. The molecule has 0 aromatic heterocycles. The Morgan fingerprint density at radius 2 is 0.908 bits per heavy atom. The number of carbonyl (C=O) groups excluding carboxylic acids is 2. The molecule has 10 nitrogen and oxygen atoms in total. The van der Waals surface area contributed by atoms with E-state index in [1.165, 1.54) is 83.5 Å². The molecular formula is C55H94O10. The SMILES string of the molecule is CC/C=C\C/C=C\C/C=C\C/C=C\CCCCCCCCCCCCC(=O)OC(COC(=O)CCCCCCCCC/C=C\C/C=C\CCCCC)COC1OC(CO)C(O)C(O)C1O. The lowest BCUT2D eigenvalue weighted by molar-refractivity contribution is -0.305. The molecule has 0 bridgehead atoms. The zero-order valence-corrected chi connectivity index (χ0v) is 41.0. The van der Waals surface area contributed by atoms with E-state index in [4.69, 9.17) is 18.9 Å². The summed E-state index contributed by atoms with van der Waals surface area (Å²) < 4.78 is 22.2. The average molecular weight is 915 g/mol. The van der Waals surface area contributed by atoms with Gasteiger partial charge in [-0.3, -0.25) is 9.59 Å². The molecule has 1 aliphatic heterocycles. The van der Waals surface area contributed by atoms with Crippen LogP contribution in [0.5, 0.6) is 0 Å². The van der Waals surface area contributed by atoms with Crippen LogP contribution in [0.1, 0.15) is 206 Å². The summed E-state index contributed by atoms with van der Waals surface area (Å²) in [5.74, 6) is -0.821. The molecule has 1 heterocycles. The van der Waals surface area contributed by atoms with Crippen LogP contribution in [0.25, 0.3) is 0 Å². The second-order valence-corrected chi connectivity index (χ2v) is 17.6. The average Bonchev–Trinajstić information content (AvgIpc) is 3.30. The van der Waals surface area contributed by atoms with Gasteiger partial charge in [-0.1, -0.05) is 183 Å². The molecule has 65 heavy (non-hydrogen) atoms. The maximum atomic E-state index is 12.8. The van der Waals surface area contributed by atoms with Crippen LogP contribution < -0.4 is 0 Å². The molecule has 374 valence electrons. The van der Waals surface area contributed by atoms with Crippen molar-refractivity contribution in [3.05, 3.63) is 72.9 Å². The largest absolute Gasteiger partial charge is 0.462 e. The molecule has 0 aromatic carbocycles. The molecule has 1 fully saturated rings. The van der Waals surface area contributed by atoms with E-state index in [0.717, 1.165) is 83.5 Å². The van der Waals surface area contributed by atoms with E-state index in [-0.39, 0.29) is 32.0 Å². The van der Waals surface area contributed by atoms with E-state index in [1.54, 1.807) is 0 Å². The number of esters is 2. The van der Waals surface area contributed by atoms with Crippen LogP contribution in [0.2, 0.25) is 0 Å². The van der Waals surface area contributed by atoms with Crippen molar-refractivity contribution >= 4 is 11.9 Å². The van der Waals surface area contributed by atoms with Gasteiger partial charge in [0.25, 0.3) is 0 Å². The highest BCUT2D eigenvalue weighted by Gasteiger charge is 2.44. The lowest BCUT2D eigenvalue weighted by atomic mass is 9.99. The fourth-order valence-electron chi connectivity index (χ4n) is 7.50. The molecule has 0 radical (unpaired) electrons. The van der Waals surface area contributed by atoms with Crippen molar-refractivity contribution in [3.8, 4) is 0 Å². The maximum Gasteiger partial charge on any atom is 0.306 e. The van der Waals surface area contributed by atoms with Gasteiger partial charge in [0.15, 0.2) is 12.4 Å². The summed E-state index contributed by atoms with van der Waals surface area (Å²) in [5.41, 5.74) is 0. The van der Waals surface area contributed by atoms with Gasteiger partial charge in [0.2, 0.25) is 0 Å². The number of aliphatic hydroxyl groups is 4. The van der Waals surface area contributed by atoms with Crippen molar-refractivity contribution in [2.45, 2.75) is 243 Å². The number of hydrogen-bond acceptors (Lipinski definition) is 10. The first kappa shape index (κ1) is 60.2. The number of ether oxygens (including phenoxy) is 4. The zero-order valence-electron chi connectivity index (χ0n) is 41.0. The van der Waals surface area contributed by atoms with Gasteiger partial charge in [-0.25, -0.2) is 0 Å². The Morgan fingerprint density at radius 1 is 0.492 bits per heavy atom. The molecule has 0 saturated carbocycles. The third-order valence-electron chi connectivity index (χ3n) is 11.6. The van der Waals surface area contributed by atoms with Crippen LogP contribution in [0.15, 0.2) is 72.9 Å². The summed E-state index contributed by atoms with van der Waals surface area (Å²) in [5, 5.41) is 40.2. The molecule has 4 N–H and O–H groups in total. The summed E-state index contributed by atoms with van der Waals surface area (Å²) in [6, 6.07) is 0. The van der Waals surface area contributed by atoms with Crippen LogP contribution >= 0.6 is 0 Å². The predicted molar refractivity (Wildman–Crippen MR) is 265 cm³/mol. The van der Waals surface area contributed by atoms with Gasteiger partial charge in [-0.05, 0) is 83.5 Å². The summed E-state index contributed by atoms with van der Waals surface area (Å²) in [6.45, 7) is 3.28. The van der Waals surface area contributed by atoms with Gasteiger partial charge in [0, 0.05) is 12.8 Å². The van der Waals surface area contributed by atoms with Gasteiger partial charge in [-0.15, -0.1) is 0 Å². The number of carbonyl (C=O) groups is 2. The standard InChI is InChI=1S/C55H94O10/c1-3-5-7-9-11-13-15-17-19-21-22-23-24-25-26-28-30-32-34-36-38-40-42-44-51(58)64-48(47-63-55-54(61)53(60)52(59)49(45-56)65-55)46-62-50(57)43-41-39-37-35-33-31-29-27-20-18-16-14-12-10-8-6-4-2/h5,7,11-14,17-20,22-23,48-49,52-56,59-61H,3-4,6,8-10,15-16,21,24-47H2,1-2H3/b7-5-,13-11-,14-12-,19-17-,20-18-,23-22-. The Balaban J connectivity index is 2.26. The summed E-state index contributed by atoms with van der Waals surface area (Å²) in [7, 11) is 0. The molecule has 6 unspecified atom stereocenters. The first-order valence-electron chi connectivity index (χ1n) is 26.0. The molecule has 0 spiro atoms. The van der Waals surface area contributed by atoms with E-state index in [1.807, 2.05) is 0 Å². The maximum absolute atomic E-state index is 12.8. The fraction of sp³-hybridized carbons (Fsp3) is 0.745. The fourth-order valence-corrected chi connectivity index (χ4v) is 7.50. The van der Waals surface area contributed by atoms with E-state index in [2.05, 4.69) is 86.8 Å². The number of unbranched alkanes of at least 4 members (excludes halogenated alkanes) is 20. The number of rotatable bonds is 43. The molecule has 0 aliphatic carbocycles. The van der Waals surface area contributed by atoms with Crippen molar-refractivity contribution in [3.63, 3.8) is 0 Å². The minimum absolute atomic E-state index is 0.220. The Hall–Kier alpha value is -2.86. The van der Waals surface area contributed by atoms with Crippen molar-refractivity contribution < 1.29 is 49.0 Å². The molecular weight excluding hydrogens is 821 g/mol. The molecule has 0 aromatic rings. The number of allylic oxidation sites excluding steroid dienone is 12. The highest BCUT2D eigenvalue weighted by Crippen LogP contribution is 2.23. The van der Waals surface area contributed by atoms with Crippen molar-refractivity contribution in [2.75, 3.05) is 19.8 Å². The zero-order chi connectivity index (χ0) is 47.3. The van der Waals surface area contributed by atoms with Gasteiger partial charge < -0.3 is 39.4 Å². The predicted octanol–water partition coefficient (Wildman–Crippen LogP) is 12.3. The van der Waals surface area contributed by atoms with Crippen LogP contribution in [-0.2, 0) is 28.5 Å². The highest BCUT2D eigenvalue weighted by molar-refractivity contribution is 5.70. The van der Waals surface area contributed by atoms with Crippen LogP contribution in [0, 0.1) is 0 Å². The van der Waals surface area contributed by atoms with Crippen LogP contribution in [0.3, 0.4) is 0 Å². The quantitative estimate of drug-likeness (QED) is 0.0264. The molecule has 1 aliphatic rings. The minimum atomic E-state index is -1.60. The third kappa shape index (κ3) is 35.9. The van der Waals surface area contributed by atoms with Gasteiger partial charge in [-0.2, -0.15) is 0 Å². The molecule has 6 atom stereocenters. The summed E-state index contributed by atoms with van der Waals surface area (Å²) >= 11 is 0. The van der Waals surface area contributed by atoms with E-state index in [0.29, 0.717) is 12.8 Å². The van der Waals surface area contributed by atoms with Crippen molar-refractivity contribution in [1.82, 2.24) is 0 Å². The van der Waals surface area contributed by atoms with Crippen LogP contribution in [0.4, 0.5) is 0 Å². The summed E-state index contributed by atoms with van der Waals surface area (Å²) in [4.78, 5) is 25.5. The van der Waals surface area contributed by atoms with Crippen molar-refractivity contribution in [2.24, 2.45) is 0 Å². The second kappa shape index (κ2) is 44.9. The van der Waals surface area contributed by atoms with E-state index in [9.17, 15) is 30.0 Å². The lowest BCUT2D eigenvalue weighted by Gasteiger charge is -2.39. The lowest BCUT2D eigenvalue weighted by Crippen LogP contribution is -2.59. The number of hydrogen-bond donors (Lipinski definition) is 4. The highest BCUT2D eigenvalue weighted by atomic mass is 16.7. The van der Waals surface area contributed by atoms with E-state index < -0.39 is 49.4 Å². The smallest absolute Gasteiger partial charge is 0.306 e. The molecule has 1 saturated heterocycles. The normalized spacial score (nSPS) is 19.9. The molecule has 10 heteroatoms. The topological polar surface area (TPSA) is 152 Å². The molecule has 0 amide bonds. The Morgan fingerprint density at radius 3 is 1.37 bits per heavy atom. The van der Waals surface area contributed by atoms with Gasteiger partial charge in [0.1, 0.15) is 31.0 Å². The Bertz CT molecular complexity index is 1290. The Kier molecular flexibility index (Phi) is 41.6. The van der Waals surface area contributed by atoms with Crippen molar-refractivity contribution in [1.29, 1.82) is 0 Å². The summed E-state index contributed by atoms with van der Waals surface area (Å²) in [6.07, 6.45) is 50.4. The number of aliphatic hydroxyl groups excluding tert-OH is 4. The van der Waals surface area contributed by atoms with Gasteiger partial charge in [0.05, 0.1) is 13.2 Å². The molecule has 1 rings (SSSR count). The first-order valence-corrected chi connectivity index (χ1v) is 26.0. The van der Waals surface area contributed by atoms with Gasteiger partial charge >= 0.3 is 11.9 Å². The minimum Gasteiger partial charge on any atom is -0.462 e. The first-order chi connectivity index (χ1) is 31.8. The Labute approximate surface area is 395 Å². The third-order valence-corrected chi connectivity index (χ3v) is 11.6. The monoisotopic (exact) mass is 915 g/mol. The van der Waals surface area contributed by atoms with E-state index >= 15 is 0 Å². The van der Waals surface area contributed by atoms with Crippen LogP contribution in [-0.4, -0.2) is 89.0 Å².